The van der Waals surface area contributed by atoms with Crippen molar-refractivity contribution in [2.45, 2.75) is 37.1 Å². The molecule has 0 bridgehead atoms. The lowest BCUT2D eigenvalue weighted by Crippen LogP contribution is -2.47. The smallest absolute Gasteiger partial charge is 0.410 e. The van der Waals surface area contributed by atoms with Gasteiger partial charge in [-0.3, -0.25) is 9.69 Å². The van der Waals surface area contributed by atoms with Crippen molar-refractivity contribution in [2.24, 2.45) is 10.6 Å². The minimum absolute atomic E-state index is 0.0158. The van der Waals surface area contributed by atoms with Crippen molar-refractivity contribution in [3.63, 3.8) is 0 Å². The maximum absolute atomic E-state index is 13.1. The molecule has 1 saturated heterocycles. The molecule has 1 atom stereocenters. The highest BCUT2D eigenvalue weighted by Gasteiger charge is 2.52. The van der Waals surface area contributed by atoms with Crippen molar-refractivity contribution in [3.05, 3.63) is 23.8 Å². The van der Waals surface area contributed by atoms with Crippen LogP contribution in [0.3, 0.4) is 0 Å². The van der Waals surface area contributed by atoms with Crippen LogP contribution in [0.2, 0.25) is 0 Å². The van der Waals surface area contributed by atoms with Crippen molar-refractivity contribution in [1.82, 2.24) is 4.90 Å². The largest absolute Gasteiger partial charge is 0.448 e. The summed E-state index contributed by atoms with van der Waals surface area (Å²) in [7, 11) is -3.86. The quantitative estimate of drug-likeness (QED) is 0.834. The van der Waals surface area contributed by atoms with Crippen LogP contribution in [0.1, 0.15) is 25.3 Å². The van der Waals surface area contributed by atoms with E-state index >= 15 is 0 Å². The number of hydrogen-bond donors (Lipinski definition) is 1. The lowest BCUT2D eigenvalue weighted by Gasteiger charge is -2.31. The normalized spacial score (nSPS) is 23.8. The van der Waals surface area contributed by atoms with Gasteiger partial charge in [-0.15, -0.1) is 0 Å². The Hall–Kier alpha value is -2.13. The van der Waals surface area contributed by atoms with E-state index in [0.29, 0.717) is 18.7 Å². The number of ether oxygens (including phenoxy) is 1. The van der Waals surface area contributed by atoms with Crippen molar-refractivity contribution < 1.29 is 22.7 Å². The van der Waals surface area contributed by atoms with E-state index in [-0.39, 0.29) is 35.4 Å². The van der Waals surface area contributed by atoms with E-state index in [1.807, 2.05) is 0 Å². The molecule has 1 unspecified atom stereocenters. The Labute approximate surface area is 151 Å². The van der Waals surface area contributed by atoms with Crippen molar-refractivity contribution >= 4 is 27.7 Å². The van der Waals surface area contributed by atoms with Gasteiger partial charge in [0, 0.05) is 11.7 Å². The van der Waals surface area contributed by atoms with Crippen LogP contribution in [0.25, 0.3) is 0 Å². The second kappa shape index (κ2) is 5.68. The Morgan fingerprint density at radius 2 is 2.12 bits per heavy atom. The highest BCUT2D eigenvalue weighted by molar-refractivity contribution is 7.89. The molecule has 2 amide bonds. The van der Waals surface area contributed by atoms with Gasteiger partial charge in [-0.05, 0) is 42.4 Å². The van der Waals surface area contributed by atoms with Gasteiger partial charge in [0.05, 0.1) is 11.4 Å². The van der Waals surface area contributed by atoms with Crippen LogP contribution in [-0.2, 0) is 26.0 Å². The van der Waals surface area contributed by atoms with E-state index in [1.54, 1.807) is 11.0 Å². The molecule has 9 heteroatoms. The Bertz CT molecular complexity index is 894. The molecule has 140 valence electrons. The van der Waals surface area contributed by atoms with Gasteiger partial charge in [0.25, 0.3) is 0 Å². The van der Waals surface area contributed by atoms with Gasteiger partial charge >= 0.3 is 6.09 Å². The molecular formula is C17H21N3O5S. The number of carbonyl (C=O) groups is 2. The standard InChI is InChI=1S/C17H21N3O5S/c1-17(4-5-17)14-8-11-2-3-12(26(18,23)24)9-13(11)20(14)15(21)10-19-6-7-25-16(19)22/h2-3,9,14H,4-8,10H2,1H3,(H2,18,23,24). The summed E-state index contributed by atoms with van der Waals surface area (Å²) in [6.45, 7) is 2.71. The van der Waals surface area contributed by atoms with Gasteiger partial charge in [-0.1, -0.05) is 13.0 Å². The molecule has 0 radical (unpaired) electrons. The van der Waals surface area contributed by atoms with E-state index in [0.717, 1.165) is 18.4 Å². The maximum Gasteiger partial charge on any atom is 0.410 e. The average molecular weight is 379 g/mol. The number of fused-ring (bicyclic) bond motifs is 1. The molecule has 4 rings (SSSR count). The van der Waals surface area contributed by atoms with Crippen molar-refractivity contribution in [2.75, 3.05) is 24.6 Å². The molecule has 1 saturated carbocycles. The molecular weight excluding hydrogens is 358 g/mol. The molecule has 26 heavy (non-hydrogen) atoms. The first-order valence-corrected chi connectivity index (χ1v) is 10.1. The van der Waals surface area contributed by atoms with Crippen LogP contribution in [0.4, 0.5) is 10.5 Å². The molecule has 1 aromatic carbocycles. The number of rotatable bonds is 4. The fourth-order valence-corrected chi connectivity index (χ4v) is 4.32. The van der Waals surface area contributed by atoms with E-state index in [2.05, 4.69) is 6.92 Å². The Balaban J connectivity index is 1.70. The highest BCUT2D eigenvalue weighted by Crippen LogP contribution is 2.54. The van der Waals surface area contributed by atoms with Crippen LogP contribution in [-0.4, -0.2) is 51.1 Å². The molecule has 0 spiro atoms. The fourth-order valence-electron chi connectivity index (χ4n) is 3.79. The number of hydrogen-bond acceptors (Lipinski definition) is 5. The third kappa shape index (κ3) is 2.84. The van der Waals surface area contributed by atoms with Gasteiger partial charge in [-0.2, -0.15) is 0 Å². The highest BCUT2D eigenvalue weighted by atomic mass is 32.2. The number of sulfonamides is 1. The molecule has 0 aromatic heterocycles. The number of anilines is 1. The summed E-state index contributed by atoms with van der Waals surface area (Å²) in [4.78, 5) is 27.8. The first-order valence-electron chi connectivity index (χ1n) is 8.58. The van der Waals surface area contributed by atoms with Crippen LogP contribution < -0.4 is 10.0 Å². The minimum Gasteiger partial charge on any atom is -0.448 e. The summed E-state index contributed by atoms with van der Waals surface area (Å²) in [6, 6.07) is 4.63. The van der Waals surface area contributed by atoms with Crippen LogP contribution in [0.5, 0.6) is 0 Å². The second-order valence-corrected chi connectivity index (χ2v) is 9.07. The summed E-state index contributed by atoms with van der Waals surface area (Å²) in [5.41, 5.74) is 1.52. The van der Waals surface area contributed by atoms with E-state index in [1.165, 1.54) is 17.0 Å². The zero-order valence-corrected chi connectivity index (χ0v) is 15.3. The maximum atomic E-state index is 13.1. The molecule has 2 N–H and O–H groups in total. The zero-order valence-electron chi connectivity index (χ0n) is 14.5. The number of amides is 2. The topological polar surface area (TPSA) is 110 Å². The third-order valence-electron chi connectivity index (χ3n) is 5.65. The number of nitrogens with zero attached hydrogens (tertiary/aromatic N) is 2. The fraction of sp³-hybridized carbons (Fsp3) is 0.529. The molecule has 2 fully saturated rings. The number of carbonyl (C=O) groups excluding carboxylic acids is 2. The first-order chi connectivity index (χ1) is 12.2. The predicted molar refractivity (Wildman–Crippen MR) is 93.1 cm³/mol. The number of nitrogens with two attached hydrogens (primary N) is 1. The van der Waals surface area contributed by atoms with Crippen molar-refractivity contribution in [3.8, 4) is 0 Å². The molecule has 1 aromatic rings. The van der Waals surface area contributed by atoms with Crippen LogP contribution >= 0.6 is 0 Å². The van der Waals surface area contributed by atoms with E-state index < -0.39 is 16.1 Å². The molecule has 2 aliphatic heterocycles. The van der Waals surface area contributed by atoms with Gasteiger partial charge in [-0.25, -0.2) is 18.4 Å². The zero-order chi connectivity index (χ0) is 18.7. The lowest BCUT2D eigenvalue weighted by atomic mass is 9.95. The first kappa shape index (κ1) is 17.3. The van der Waals surface area contributed by atoms with E-state index in [9.17, 15) is 18.0 Å². The molecule has 8 nitrogen and oxygen atoms in total. The third-order valence-corrected chi connectivity index (χ3v) is 6.56. The predicted octanol–water partition coefficient (Wildman–Crippen LogP) is 0.844. The number of cyclic esters (lactones) is 1. The Morgan fingerprint density at radius 3 is 2.69 bits per heavy atom. The number of primary sulfonamides is 1. The second-order valence-electron chi connectivity index (χ2n) is 7.51. The molecule has 1 aliphatic carbocycles. The summed E-state index contributed by atoms with van der Waals surface area (Å²) >= 11 is 0. The number of benzene rings is 1. The molecule has 3 aliphatic rings. The van der Waals surface area contributed by atoms with Crippen molar-refractivity contribution in [1.29, 1.82) is 0 Å². The summed E-state index contributed by atoms with van der Waals surface area (Å²) in [5, 5.41) is 5.25. The van der Waals surface area contributed by atoms with Gasteiger partial charge in [0.15, 0.2) is 0 Å². The minimum atomic E-state index is -3.86. The van der Waals surface area contributed by atoms with Gasteiger partial charge in [0.2, 0.25) is 15.9 Å². The monoisotopic (exact) mass is 379 g/mol. The van der Waals surface area contributed by atoms with Gasteiger partial charge < -0.3 is 9.64 Å². The van der Waals surface area contributed by atoms with Gasteiger partial charge in [0.1, 0.15) is 13.2 Å². The van der Waals surface area contributed by atoms with Crippen LogP contribution in [0, 0.1) is 5.41 Å². The Morgan fingerprint density at radius 1 is 1.38 bits per heavy atom. The summed E-state index contributed by atoms with van der Waals surface area (Å²) < 4.78 is 28.3. The Kier molecular flexibility index (Phi) is 3.78. The SMILES string of the molecule is CC1(C2Cc3ccc(S(N)(=O)=O)cc3N2C(=O)CN2CCOC2=O)CC1. The lowest BCUT2D eigenvalue weighted by molar-refractivity contribution is -0.119. The molecule has 2 heterocycles. The van der Waals surface area contributed by atoms with E-state index in [4.69, 9.17) is 9.88 Å². The van der Waals surface area contributed by atoms with Crippen LogP contribution in [0.15, 0.2) is 23.1 Å². The summed E-state index contributed by atoms with van der Waals surface area (Å²) in [5.74, 6) is -0.229. The summed E-state index contributed by atoms with van der Waals surface area (Å²) in [6.07, 6.45) is 2.21. The average Bonchev–Trinajstić information content (AvgIpc) is 3.01.